The van der Waals surface area contributed by atoms with Gasteiger partial charge in [-0.2, -0.15) is 0 Å². The predicted molar refractivity (Wildman–Crippen MR) is 150 cm³/mol. The molecule has 0 aliphatic rings. The van der Waals surface area contributed by atoms with Gasteiger partial charge in [0, 0.05) is 12.6 Å². The molecule has 0 radical (unpaired) electrons. The molecule has 0 fully saturated rings. The largest absolute Gasteiger partial charge is 0.444 e. The van der Waals surface area contributed by atoms with Crippen LogP contribution in [0.15, 0.2) is 18.2 Å². The lowest BCUT2D eigenvalue weighted by Crippen LogP contribution is -2.54. The summed E-state index contributed by atoms with van der Waals surface area (Å²) in [4.78, 5) is 42.3. The van der Waals surface area contributed by atoms with Gasteiger partial charge >= 0.3 is 6.09 Å². The molecule has 2 unspecified atom stereocenters. The standard InChI is InChI=1S/C30H51N3O4/c1-11-12-13-14-18-33(28(35)25(19-20(2)3)32-29(36)37-30(8,9)10)26(27(34)31-21(4)5)24-17-15-16-22(6)23(24)7/h15-17,20-21,25-26H,11-14,18-19H2,1-10H3,(H,31,34)(H,32,36). The van der Waals surface area contributed by atoms with Gasteiger partial charge in [-0.25, -0.2) is 4.79 Å². The van der Waals surface area contributed by atoms with Crippen molar-refractivity contribution in [3.63, 3.8) is 0 Å². The first-order valence-corrected chi connectivity index (χ1v) is 13.8. The second kappa shape index (κ2) is 15.0. The molecule has 210 valence electrons. The smallest absolute Gasteiger partial charge is 0.408 e. The molecule has 2 N–H and O–H groups in total. The number of aryl methyl sites for hydroxylation is 1. The molecule has 0 saturated heterocycles. The lowest BCUT2D eigenvalue weighted by molar-refractivity contribution is -0.143. The molecule has 1 aromatic rings. The number of rotatable bonds is 13. The summed E-state index contributed by atoms with van der Waals surface area (Å²) in [6, 6.07) is 4.18. The lowest BCUT2D eigenvalue weighted by Gasteiger charge is -2.36. The van der Waals surface area contributed by atoms with Crippen LogP contribution in [0.1, 0.15) is 110 Å². The molecule has 7 nitrogen and oxygen atoms in total. The summed E-state index contributed by atoms with van der Waals surface area (Å²) in [5.41, 5.74) is 2.16. The van der Waals surface area contributed by atoms with E-state index in [1.165, 1.54) is 0 Å². The Morgan fingerprint density at radius 2 is 1.62 bits per heavy atom. The van der Waals surface area contributed by atoms with Crippen LogP contribution in [-0.2, 0) is 14.3 Å². The van der Waals surface area contributed by atoms with Crippen LogP contribution < -0.4 is 10.6 Å². The first kappa shape index (κ1) is 32.5. The molecule has 2 atom stereocenters. The summed E-state index contributed by atoms with van der Waals surface area (Å²) in [5, 5.41) is 5.85. The fraction of sp³-hybridized carbons (Fsp3) is 0.700. The topological polar surface area (TPSA) is 87.7 Å². The number of alkyl carbamates (subject to hydrolysis) is 1. The number of hydrogen-bond donors (Lipinski definition) is 2. The van der Waals surface area contributed by atoms with E-state index >= 15 is 0 Å². The van der Waals surface area contributed by atoms with Crippen molar-refractivity contribution in [2.75, 3.05) is 6.54 Å². The Labute approximate surface area is 225 Å². The monoisotopic (exact) mass is 517 g/mol. The van der Waals surface area contributed by atoms with Crippen LogP contribution in [0, 0.1) is 19.8 Å². The molecule has 37 heavy (non-hydrogen) atoms. The van der Waals surface area contributed by atoms with Crippen LogP contribution in [0.5, 0.6) is 0 Å². The second-order valence-electron chi connectivity index (χ2n) is 11.8. The molecule has 0 spiro atoms. The molecule has 3 amide bonds. The van der Waals surface area contributed by atoms with Crippen molar-refractivity contribution in [1.29, 1.82) is 0 Å². The molecule has 1 rings (SSSR count). The SMILES string of the molecule is CCCCCCN(C(=O)C(CC(C)C)NC(=O)OC(C)(C)C)C(C(=O)NC(C)C)c1cccc(C)c1C. The summed E-state index contributed by atoms with van der Waals surface area (Å²) in [6.07, 6.45) is 3.66. The molecule has 0 aliphatic heterocycles. The van der Waals surface area contributed by atoms with E-state index < -0.39 is 23.8 Å². The Balaban J connectivity index is 3.55. The Hall–Kier alpha value is -2.57. The third-order valence-electron chi connectivity index (χ3n) is 6.16. The van der Waals surface area contributed by atoms with E-state index in [1.54, 1.807) is 25.7 Å². The normalized spacial score (nSPS) is 13.3. The maximum Gasteiger partial charge on any atom is 0.408 e. The molecule has 0 bridgehead atoms. The van der Waals surface area contributed by atoms with E-state index in [9.17, 15) is 14.4 Å². The Bertz CT molecular complexity index is 889. The van der Waals surface area contributed by atoms with Crippen molar-refractivity contribution in [3.8, 4) is 0 Å². The summed E-state index contributed by atoms with van der Waals surface area (Å²) in [6.45, 7) is 19.8. The van der Waals surface area contributed by atoms with Gasteiger partial charge in [0.25, 0.3) is 0 Å². The van der Waals surface area contributed by atoms with Crippen LogP contribution in [0.4, 0.5) is 4.79 Å². The third-order valence-corrected chi connectivity index (χ3v) is 6.16. The zero-order valence-corrected chi connectivity index (χ0v) is 24.9. The van der Waals surface area contributed by atoms with Crippen molar-refractivity contribution >= 4 is 17.9 Å². The predicted octanol–water partition coefficient (Wildman–Crippen LogP) is 6.22. The highest BCUT2D eigenvalue weighted by Crippen LogP contribution is 2.28. The van der Waals surface area contributed by atoms with Crippen molar-refractivity contribution in [1.82, 2.24) is 15.5 Å². The van der Waals surface area contributed by atoms with Crippen LogP contribution in [-0.4, -0.2) is 47.0 Å². The van der Waals surface area contributed by atoms with E-state index in [0.717, 1.165) is 42.4 Å². The number of carbonyl (C=O) groups excluding carboxylic acids is 3. The van der Waals surface area contributed by atoms with Crippen LogP contribution >= 0.6 is 0 Å². The van der Waals surface area contributed by atoms with E-state index in [-0.39, 0.29) is 23.8 Å². The number of amides is 3. The second-order valence-corrected chi connectivity index (χ2v) is 11.8. The maximum absolute atomic E-state index is 14.2. The van der Waals surface area contributed by atoms with E-state index in [1.807, 2.05) is 59.7 Å². The summed E-state index contributed by atoms with van der Waals surface area (Å²) in [7, 11) is 0. The highest BCUT2D eigenvalue weighted by molar-refractivity contribution is 5.92. The average Bonchev–Trinajstić information content (AvgIpc) is 2.75. The van der Waals surface area contributed by atoms with Gasteiger partial charge in [0.1, 0.15) is 17.7 Å². The maximum atomic E-state index is 14.2. The van der Waals surface area contributed by atoms with Crippen LogP contribution in [0.25, 0.3) is 0 Å². The number of nitrogens with one attached hydrogen (secondary N) is 2. The first-order valence-electron chi connectivity index (χ1n) is 13.8. The molecular weight excluding hydrogens is 466 g/mol. The molecule has 0 aromatic heterocycles. The van der Waals surface area contributed by atoms with Gasteiger partial charge in [-0.05, 0) is 83.9 Å². The van der Waals surface area contributed by atoms with Gasteiger partial charge in [0.15, 0.2) is 0 Å². The van der Waals surface area contributed by atoms with Crippen molar-refractivity contribution in [3.05, 3.63) is 34.9 Å². The third kappa shape index (κ3) is 11.1. The Kier molecular flexibility index (Phi) is 13.2. The minimum atomic E-state index is -0.805. The number of benzene rings is 1. The van der Waals surface area contributed by atoms with Crippen LogP contribution in [0.2, 0.25) is 0 Å². The first-order chi connectivity index (χ1) is 17.2. The molecule has 0 aliphatic carbocycles. The van der Waals surface area contributed by atoms with Gasteiger partial charge in [-0.3, -0.25) is 9.59 Å². The zero-order chi connectivity index (χ0) is 28.3. The highest BCUT2D eigenvalue weighted by Gasteiger charge is 2.37. The summed E-state index contributed by atoms with van der Waals surface area (Å²) >= 11 is 0. The van der Waals surface area contributed by atoms with Crippen molar-refractivity contribution in [2.45, 2.75) is 125 Å². The van der Waals surface area contributed by atoms with Crippen LogP contribution in [0.3, 0.4) is 0 Å². The van der Waals surface area contributed by atoms with E-state index in [0.29, 0.717) is 13.0 Å². The van der Waals surface area contributed by atoms with Gasteiger partial charge in [-0.1, -0.05) is 58.2 Å². The minimum absolute atomic E-state index is 0.0801. The average molecular weight is 518 g/mol. The van der Waals surface area contributed by atoms with E-state index in [2.05, 4.69) is 17.6 Å². The van der Waals surface area contributed by atoms with Gasteiger partial charge < -0.3 is 20.3 Å². The molecule has 1 aromatic carbocycles. The fourth-order valence-corrected chi connectivity index (χ4v) is 4.30. The fourth-order valence-electron chi connectivity index (χ4n) is 4.30. The highest BCUT2D eigenvalue weighted by atomic mass is 16.6. The number of hydrogen-bond acceptors (Lipinski definition) is 4. The minimum Gasteiger partial charge on any atom is -0.444 e. The van der Waals surface area contributed by atoms with Crippen molar-refractivity contribution in [2.24, 2.45) is 5.92 Å². The molecule has 0 saturated carbocycles. The van der Waals surface area contributed by atoms with Gasteiger partial charge in [0.2, 0.25) is 11.8 Å². The number of ether oxygens (including phenoxy) is 1. The summed E-state index contributed by atoms with van der Waals surface area (Å²) < 4.78 is 5.47. The quantitative estimate of drug-likeness (QED) is 0.304. The zero-order valence-electron chi connectivity index (χ0n) is 24.9. The molecule has 7 heteroatoms. The lowest BCUT2D eigenvalue weighted by atomic mass is 9.94. The Morgan fingerprint density at radius 1 is 0.973 bits per heavy atom. The Morgan fingerprint density at radius 3 is 2.16 bits per heavy atom. The van der Waals surface area contributed by atoms with Gasteiger partial charge in [0.05, 0.1) is 0 Å². The van der Waals surface area contributed by atoms with Gasteiger partial charge in [-0.15, -0.1) is 0 Å². The van der Waals surface area contributed by atoms with E-state index in [4.69, 9.17) is 4.74 Å². The van der Waals surface area contributed by atoms with Crippen molar-refractivity contribution < 1.29 is 19.1 Å². The summed E-state index contributed by atoms with van der Waals surface area (Å²) in [5.74, 6) is -0.330. The molecule has 0 heterocycles. The molecular formula is C30H51N3O4. The number of unbranched alkanes of at least 4 members (excludes halogenated alkanes) is 3. The number of nitrogens with zero attached hydrogens (tertiary/aromatic N) is 1. The number of carbonyl (C=O) groups is 3.